The fourth-order valence-corrected chi connectivity index (χ4v) is 6.27. The Kier molecular flexibility index (Phi) is 9.81. The Morgan fingerprint density at radius 1 is 1.11 bits per heavy atom. The monoisotopic (exact) mass is 636 g/mol. The van der Waals surface area contributed by atoms with E-state index >= 15 is 0 Å². The van der Waals surface area contributed by atoms with Gasteiger partial charge in [0.1, 0.15) is 12.1 Å². The highest BCUT2D eigenvalue weighted by molar-refractivity contribution is 8.14. The number of anilines is 1. The van der Waals surface area contributed by atoms with Crippen molar-refractivity contribution in [1.82, 2.24) is 20.1 Å². The van der Waals surface area contributed by atoms with Crippen LogP contribution in [-0.4, -0.2) is 50.7 Å². The number of hydrogen-bond donors (Lipinski definition) is 1. The average molecular weight is 637 g/mol. The first-order valence-electron chi connectivity index (χ1n) is 14.7. The molecule has 8 nitrogen and oxygen atoms in total. The Bertz CT molecular complexity index is 1650. The molecule has 0 bridgehead atoms. The third-order valence-corrected chi connectivity index (χ3v) is 8.39. The maximum absolute atomic E-state index is 12.9. The second-order valence-electron chi connectivity index (χ2n) is 11.2. The maximum atomic E-state index is 12.9. The molecule has 0 spiro atoms. The van der Waals surface area contributed by atoms with E-state index in [1.165, 1.54) is 46.4 Å². The van der Waals surface area contributed by atoms with Gasteiger partial charge in [0.25, 0.3) is 0 Å². The molecule has 1 unspecified atom stereocenters. The van der Waals surface area contributed by atoms with Crippen molar-refractivity contribution in [2.45, 2.75) is 58.9 Å². The Hall–Kier alpha value is -4.32. The third kappa shape index (κ3) is 8.24. The Morgan fingerprint density at radius 3 is 2.53 bits per heavy atom. The summed E-state index contributed by atoms with van der Waals surface area (Å²) in [6.07, 6.45) is -1.62. The van der Waals surface area contributed by atoms with Crippen LogP contribution in [0, 0.1) is 6.92 Å². The summed E-state index contributed by atoms with van der Waals surface area (Å²) in [4.78, 5) is 23.9. The first kappa shape index (κ1) is 32.1. The van der Waals surface area contributed by atoms with E-state index in [4.69, 9.17) is 0 Å². The minimum atomic E-state index is -4.75. The van der Waals surface area contributed by atoms with Crippen LogP contribution < -0.4 is 15.0 Å². The molecule has 0 aliphatic carbocycles. The van der Waals surface area contributed by atoms with Crippen LogP contribution in [0.4, 0.5) is 23.7 Å². The van der Waals surface area contributed by atoms with Crippen LogP contribution in [0.25, 0.3) is 17.1 Å². The van der Waals surface area contributed by atoms with Gasteiger partial charge in [-0.1, -0.05) is 62.0 Å². The molecule has 2 heterocycles. The smallest absolute Gasteiger partial charge is 0.406 e. The van der Waals surface area contributed by atoms with Gasteiger partial charge in [0.15, 0.2) is 11.0 Å². The molecule has 1 N–H and O–H groups in total. The molecule has 236 valence electrons. The van der Waals surface area contributed by atoms with Crippen LogP contribution >= 0.6 is 11.8 Å². The Morgan fingerprint density at radius 2 is 1.84 bits per heavy atom. The number of nitrogens with one attached hydrogen (secondary N) is 1. The van der Waals surface area contributed by atoms with Gasteiger partial charge in [-0.05, 0) is 79.6 Å². The third-order valence-electron chi connectivity index (χ3n) is 7.41. The lowest BCUT2D eigenvalue weighted by atomic mass is 9.98. The standard InChI is InChI=1S/C33H35F3N6O2S/c1-21(2)28-14-5-22(3)19-29(28)42-23(4)16-18-45-32(42)39-31(43)37-17-15-24-6-8-25(9-7-24)30-38-20-41(40-30)26-10-12-27(13-11-26)44-33(34,35)36/h5-14,19-21,23H,15-18H2,1-4H3,(H,37,43). The van der Waals surface area contributed by atoms with Crippen molar-refractivity contribution < 1.29 is 22.7 Å². The molecule has 2 amide bonds. The number of carbonyl (C=O) groups is 1. The molecule has 1 fully saturated rings. The molecule has 1 aromatic heterocycles. The van der Waals surface area contributed by atoms with E-state index in [0.29, 0.717) is 30.4 Å². The number of ether oxygens (including phenoxy) is 1. The number of carbonyl (C=O) groups excluding carboxylic acids is 1. The molecular weight excluding hydrogens is 601 g/mol. The van der Waals surface area contributed by atoms with Gasteiger partial charge in [-0.2, -0.15) is 4.99 Å². The van der Waals surface area contributed by atoms with Crippen molar-refractivity contribution in [2.75, 3.05) is 17.2 Å². The van der Waals surface area contributed by atoms with Gasteiger partial charge in [-0.15, -0.1) is 18.3 Å². The van der Waals surface area contributed by atoms with Crippen LogP contribution in [0.3, 0.4) is 0 Å². The van der Waals surface area contributed by atoms with E-state index in [1.54, 1.807) is 11.8 Å². The van der Waals surface area contributed by atoms with Crippen LogP contribution in [-0.2, 0) is 6.42 Å². The van der Waals surface area contributed by atoms with Crippen molar-refractivity contribution in [1.29, 1.82) is 0 Å². The number of aliphatic imine (C=N–C) groups is 1. The predicted octanol–water partition coefficient (Wildman–Crippen LogP) is 7.90. The van der Waals surface area contributed by atoms with Gasteiger partial charge in [0, 0.05) is 29.6 Å². The lowest BCUT2D eigenvalue weighted by Gasteiger charge is -2.37. The van der Waals surface area contributed by atoms with Gasteiger partial charge in [-0.25, -0.2) is 14.5 Å². The molecule has 3 aromatic carbocycles. The van der Waals surface area contributed by atoms with E-state index in [-0.39, 0.29) is 17.8 Å². The van der Waals surface area contributed by atoms with Crippen LogP contribution in [0.15, 0.2) is 78.0 Å². The van der Waals surface area contributed by atoms with Gasteiger partial charge in [0.2, 0.25) is 0 Å². The van der Waals surface area contributed by atoms with Crippen molar-refractivity contribution in [3.8, 4) is 22.8 Å². The largest absolute Gasteiger partial charge is 0.573 e. The molecule has 1 aliphatic rings. The molecule has 1 saturated heterocycles. The topological polar surface area (TPSA) is 84.6 Å². The number of alkyl halides is 3. The first-order chi connectivity index (χ1) is 21.5. The molecular formula is C33H35F3N6O2S. The zero-order chi connectivity index (χ0) is 32.1. The molecule has 12 heteroatoms. The lowest BCUT2D eigenvalue weighted by Crippen LogP contribution is -2.42. The second-order valence-corrected chi connectivity index (χ2v) is 12.3. The number of hydrogen-bond acceptors (Lipinski definition) is 5. The number of rotatable bonds is 8. The highest BCUT2D eigenvalue weighted by Gasteiger charge is 2.31. The van der Waals surface area contributed by atoms with E-state index in [1.807, 2.05) is 24.3 Å². The summed E-state index contributed by atoms with van der Waals surface area (Å²) in [5.74, 6) is 1.42. The summed E-state index contributed by atoms with van der Waals surface area (Å²) in [5, 5.41) is 8.10. The summed E-state index contributed by atoms with van der Waals surface area (Å²) in [7, 11) is 0. The number of urea groups is 1. The number of halogens is 3. The van der Waals surface area contributed by atoms with Crippen molar-refractivity contribution in [3.05, 3.63) is 89.7 Å². The number of thioether (sulfide) groups is 1. The van der Waals surface area contributed by atoms with E-state index in [0.717, 1.165) is 34.2 Å². The van der Waals surface area contributed by atoms with Gasteiger partial charge in [0.05, 0.1) is 5.69 Å². The van der Waals surface area contributed by atoms with Crippen molar-refractivity contribution in [2.24, 2.45) is 4.99 Å². The number of amides is 2. The average Bonchev–Trinajstić information content (AvgIpc) is 3.47. The number of aromatic nitrogens is 3. The van der Waals surface area contributed by atoms with Gasteiger partial charge >= 0.3 is 12.4 Å². The van der Waals surface area contributed by atoms with Crippen molar-refractivity contribution in [3.63, 3.8) is 0 Å². The summed E-state index contributed by atoms with van der Waals surface area (Å²) >= 11 is 1.61. The molecule has 45 heavy (non-hydrogen) atoms. The molecule has 0 saturated carbocycles. The number of benzene rings is 3. The van der Waals surface area contributed by atoms with Crippen LogP contribution in [0.5, 0.6) is 5.75 Å². The number of amidine groups is 1. The summed E-state index contributed by atoms with van der Waals surface area (Å²) in [6, 6.07) is 19.4. The van der Waals surface area contributed by atoms with E-state index < -0.39 is 6.36 Å². The zero-order valence-corrected chi connectivity index (χ0v) is 26.3. The Labute approximate surface area is 264 Å². The maximum Gasteiger partial charge on any atom is 0.573 e. The molecule has 5 rings (SSSR count). The van der Waals surface area contributed by atoms with Gasteiger partial charge in [-0.3, -0.25) is 0 Å². The highest BCUT2D eigenvalue weighted by Crippen LogP contribution is 2.35. The summed E-state index contributed by atoms with van der Waals surface area (Å²) < 4.78 is 42.7. The minimum Gasteiger partial charge on any atom is -0.406 e. The molecule has 0 radical (unpaired) electrons. The quantitative estimate of drug-likeness (QED) is 0.212. The summed E-state index contributed by atoms with van der Waals surface area (Å²) in [6.45, 7) is 9.04. The molecule has 4 aromatic rings. The zero-order valence-electron chi connectivity index (χ0n) is 25.5. The summed E-state index contributed by atoms with van der Waals surface area (Å²) in [5.41, 5.74) is 5.87. The number of aryl methyl sites for hydroxylation is 1. The van der Waals surface area contributed by atoms with Crippen molar-refractivity contribution >= 4 is 28.6 Å². The molecule has 1 atom stereocenters. The fourth-order valence-electron chi connectivity index (χ4n) is 5.07. The Balaban J connectivity index is 1.18. The minimum absolute atomic E-state index is 0.231. The normalized spacial score (nSPS) is 16.3. The first-order valence-corrected chi connectivity index (χ1v) is 15.7. The predicted molar refractivity (Wildman–Crippen MR) is 172 cm³/mol. The van der Waals surface area contributed by atoms with Crippen LogP contribution in [0.2, 0.25) is 0 Å². The number of nitrogens with zero attached hydrogens (tertiary/aromatic N) is 5. The van der Waals surface area contributed by atoms with E-state index in [9.17, 15) is 18.0 Å². The SMILES string of the molecule is Cc1ccc(C(C)C)c(N2C(=NC(=O)NCCc3ccc(-c4ncn(-c5ccc(OC(F)(F)F)cc5)n4)cc3)SCCC2C)c1. The lowest BCUT2D eigenvalue weighted by molar-refractivity contribution is -0.274. The highest BCUT2D eigenvalue weighted by atomic mass is 32.2. The fraction of sp³-hybridized carbons (Fsp3) is 0.333. The second kappa shape index (κ2) is 13.8. The van der Waals surface area contributed by atoms with E-state index in [2.05, 4.69) is 75.9 Å². The molecule has 1 aliphatic heterocycles. The van der Waals surface area contributed by atoms with Gasteiger partial charge < -0.3 is 15.0 Å². The van der Waals surface area contributed by atoms with Crippen LogP contribution in [0.1, 0.15) is 49.8 Å².